The molecular weight excluding hydrogens is 764 g/mol. The molecule has 0 bridgehead atoms. The first kappa shape index (κ1) is 46.0. The van der Waals surface area contributed by atoms with E-state index in [4.69, 9.17) is 43.6 Å². The van der Waals surface area contributed by atoms with Gasteiger partial charge < -0.3 is 43.4 Å². The van der Waals surface area contributed by atoms with E-state index in [0.717, 1.165) is 89.2 Å². The monoisotopic (exact) mass is 834 g/mol. The van der Waals surface area contributed by atoms with Gasteiger partial charge in [0.2, 0.25) is 5.91 Å². The van der Waals surface area contributed by atoms with Gasteiger partial charge in [0.15, 0.2) is 0 Å². The zero-order chi connectivity index (χ0) is 41.4. The fourth-order valence-electron chi connectivity index (χ4n) is 9.78. The predicted octanol–water partition coefficient (Wildman–Crippen LogP) is 4.26. The van der Waals surface area contributed by atoms with E-state index in [0.29, 0.717) is 95.0 Å². The molecule has 2 aliphatic carbocycles. The van der Waals surface area contributed by atoms with Gasteiger partial charge in [-0.1, -0.05) is 30.7 Å². The fourth-order valence-corrected chi connectivity index (χ4v) is 9.78. The smallest absolute Gasteiger partial charge is 0.409 e. The fraction of sp³-hybridized carbons (Fsp3) is 0.814. The number of hydrogen-bond acceptors (Lipinski definition) is 14. The second kappa shape index (κ2) is 24.2. The van der Waals surface area contributed by atoms with Crippen LogP contribution in [-0.4, -0.2) is 162 Å². The van der Waals surface area contributed by atoms with E-state index in [9.17, 15) is 9.59 Å². The Morgan fingerprint density at radius 1 is 0.915 bits per heavy atom. The lowest BCUT2D eigenvalue weighted by atomic mass is 9.78. The van der Waals surface area contributed by atoms with Gasteiger partial charge in [0.25, 0.3) is 0 Å². The van der Waals surface area contributed by atoms with Crippen LogP contribution in [0.1, 0.15) is 74.8 Å². The predicted molar refractivity (Wildman–Crippen MR) is 215 cm³/mol. The number of amides is 2. The van der Waals surface area contributed by atoms with E-state index in [1.54, 1.807) is 19.1 Å². The molecule has 59 heavy (non-hydrogen) atoms. The number of nitrogens with one attached hydrogen (secondary N) is 1. The number of morpholine rings is 1. The lowest BCUT2D eigenvalue weighted by molar-refractivity contribution is -0.492. The quantitative estimate of drug-likeness (QED) is 0.0944. The molecule has 5 aliphatic rings. The number of benzene rings is 1. The molecule has 0 radical (unpaired) electrons. The third kappa shape index (κ3) is 14.0. The van der Waals surface area contributed by atoms with E-state index in [1.165, 1.54) is 0 Å². The molecule has 1 aromatic rings. The Morgan fingerprint density at radius 2 is 1.69 bits per heavy atom. The van der Waals surface area contributed by atoms with Gasteiger partial charge in [0.05, 0.1) is 77.0 Å². The maximum absolute atomic E-state index is 13.8. The SMILES string of the molecule is COCCCN1CCOC2CCC(COC3CN(C(=O)OCCCCCCON(O)O)CC(CNC(=O)CC4C5COCC54)C3c3ccc(COCCOC)cc3)CC21. The lowest BCUT2D eigenvalue weighted by Crippen LogP contribution is -2.55. The Morgan fingerprint density at radius 3 is 2.46 bits per heavy atom. The van der Waals surface area contributed by atoms with Crippen LogP contribution in [0.2, 0.25) is 0 Å². The molecular formula is C43H70N4O12. The largest absolute Gasteiger partial charge is 0.449 e. The highest BCUT2D eigenvalue weighted by Gasteiger charge is 2.54. The number of carbonyl (C=O) groups excluding carboxylic acids is 2. The van der Waals surface area contributed by atoms with Crippen molar-refractivity contribution in [2.24, 2.45) is 29.6 Å². The number of fused-ring (bicyclic) bond motifs is 2. The summed E-state index contributed by atoms with van der Waals surface area (Å²) in [5, 5.41) is 20.4. The lowest BCUT2D eigenvalue weighted by Gasteiger charge is -2.47. The number of ether oxygens (including phenoxy) is 7. The minimum Gasteiger partial charge on any atom is -0.449 e. The summed E-state index contributed by atoms with van der Waals surface area (Å²) in [6.07, 6.45) is 6.96. The Hall–Kier alpha value is -2.48. The molecule has 0 spiro atoms. The molecule has 2 amide bonds. The average molecular weight is 835 g/mol. The standard InChI is InChI=1S/C43H70N4O12/c1-52-16-7-14-45-15-19-56-39-13-10-32(22-38(39)45)28-58-40-26-46(43(49)57-17-5-3-4-6-18-59-47(50)51)25-34(24-44-41(48)23-35-36-29-55-30-37(35)36)42(40)33-11-8-31(9-12-33)27-54-21-20-53-2/h8-9,11-12,32,34-40,42,50-51H,3-7,10,13-30H2,1-2H3,(H,44,48). The minimum absolute atomic E-state index is 0.0430. The van der Waals surface area contributed by atoms with Crippen LogP contribution in [0.5, 0.6) is 0 Å². The Kier molecular flexibility index (Phi) is 18.9. The molecule has 16 nitrogen and oxygen atoms in total. The van der Waals surface area contributed by atoms with Crippen molar-refractivity contribution in [1.82, 2.24) is 20.5 Å². The molecule has 0 aromatic heterocycles. The van der Waals surface area contributed by atoms with Crippen molar-refractivity contribution in [2.75, 3.05) is 106 Å². The molecule has 2 saturated carbocycles. The molecule has 3 aliphatic heterocycles. The summed E-state index contributed by atoms with van der Waals surface area (Å²) < 4.78 is 41.0. The number of carbonyl (C=O) groups is 2. The summed E-state index contributed by atoms with van der Waals surface area (Å²) in [4.78, 5) is 36.1. The first-order chi connectivity index (χ1) is 28.8. The van der Waals surface area contributed by atoms with Crippen LogP contribution < -0.4 is 5.32 Å². The van der Waals surface area contributed by atoms with E-state index in [1.807, 2.05) is 0 Å². The molecule has 6 rings (SSSR count). The van der Waals surface area contributed by atoms with Crippen LogP contribution in [0.25, 0.3) is 0 Å². The van der Waals surface area contributed by atoms with Crippen LogP contribution in [0, 0.1) is 29.6 Å². The van der Waals surface area contributed by atoms with Crippen molar-refractivity contribution in [1.29, 1.82) is 0 Å². The van der Waals surface area contributed by atoms with Crippen molar-refractivity contribution in [3.8, 4) is 0 Å². The van der Waals surface area contributed by atoms with Crippen molar-refractivity contribution in [3.63, 3.8) is 0 Å². The number of piperidine rings is 1. The van der Waals surface area contributed by atoms with Crippen LogP contribution in [0.4, 0.5) is 4.79 Å². The first-order valence-corrected chi connectivity index (χ1v) is 22.0. The third-order valence-corrected chi connectivity index (χ3v) is 13.1. The molecule has 334 valence electrons. The molecule has 3 N–H and O–H groups in total. The number of unbranched alkanes of at least 4 members (excludes halogenated alkanes) is 3. The van der Waals surface area contributed by atoms with Crippen LogP contribution in [-0.2, 0) is 49.4 Å². The minimum atomic E-state index is -0.381. The molecule has 3 saturated heterocycles. The van der Waals surface area contributed by atoms with Gasteiger partial charge in [-0.3, -0.25) is 24.9 Å². The van der Waals surface area contributed by atoms with Crippen molar-refractivity contribution >= 4 is 12.0 Å². The summed E-state index contributed by atoms with van der Waals surface area (Å²) in [5.74, 6) is 1.58. The van der Waals surface area contributed by atoms with Crippen molar-refractivity contribution < 1.29 is 58.0 Å². The van der Waals surface area contributed by atoms with Gasteiger partial charge in [0, 0.05) is 77.9 Å². The molecule has 8 unspecified atom stereocenters. The molecule has 16 heteroatoms. The summed E-state index contributed by atoms with van der Waals surface area (Å²) in [6.45, 7) is 8.70. The van der Waals surface area contributed by atoms with Gasteiger partial charge in [-0.15, -0.1) is 0 Å². The first-order valence-electron chi connectivity index (χ1n) is 22.0. The van der Waals surface area contributed by atoms with Crippen LogP contribution in [0.15, 0.2) is 24.3 Å². The zero-order valence-electron chi connectivity index (χ0n) is 35.3. The van der Waals surface area contributed by atoms with Gasteiger partial charge in [-0.2, -0.15) is 0 Å². The van der Waals surface area contributed by atoms with Gasteiger partial charge in [-0.05, 0) is 79.7 Å². The zero-order valence-corrected chi connectivity index (χ0v) is 35.3. The Labute approximate surface area is 349 Å². The number of hydrogen-bond donors (Lipinski definition) is 3. The molecule has 3 heterocycles. The van der Waals surface area contributed by atoms with E-state index < -0.39 is 0 Å². The van der Waals surface area contributed by atoms with E-state index in [-0.39, 0.29) is 54.6 Å². The molecule has 1 aromatic carbocycles. The Bertz CT molecular complexity index is 1380. The van der Waals surface area contributed by atoms with Crippen LogP contribution >= 0.6 is 0 Å². The van der Waals surface area contributed by atoms with Gasteiger partial charge in [-0.25, -0.2) is 4.79 Å². The number of methoxy groups -OCH3 is 2. The molecule has 8 atom stereocenters. The maximum Gasteiger partial charge on any atom is 0.409 e. The Balaban J connectivity index is 1.14. The number of likely N-dealkylation sites (tertiary alicyclic amines) is 1. The highest BCUT2D eigenvalue weighted by atomic mass is 17.1. The highest BCUT2D eigenvalue weighted by molar-refractivity contribution is 5.76. The average Bonchev–Trinajstić information content (AvgIpc) is 3.62. The highest BCUT2D eigenvalue weighted by Crippen LogP contribution is 2.52. The van der Waals surface area contributed by atoms with E-state index >= 15 is 0 Å². The normalized spacial score (nSPS) is 29.3. The second-order valence-electron chi connectivity index (χ2n) is 17.0. The summed E-state index contributed by atoms with van der Waals surface area (Å²) in [6, 6.07) is 8.85. The maximum atomic E-state index is 13.8. The van der Waals surface area contributed by atoms with Crippen molar-refractivity contribution in [3.05, 3.63) is 35.4 Å². The van der Waals surface area contributed by atoms with Crippen molar-refractivity contribution in [2.45, 2.75) is 88.6 Å². The topological polar surface area (TPSA) is 170 Å². The van der Waals surface area contributed by atoms with Gasteiger partial charge >= 0.3 is 6.09 Å². The summed E-state index contributed by atoms with van der Waals surface area (Å²) in [5.41, 5.74) is 2.17. The number of nitrogens with zero attached hydrogens (tertiary/aromatic N) is 3. The second-order valence-corrected chi connectivity index (χ2v) is 17.0. The van der Waals surface area contributed by atoms with Gasteiger partial charge in [0.1, 0.15) is 0 Å². The molecule has 5 fully saturated rings. The van der Waals surface area contributed by atoms with E-state index in [2.05, 4.69) is 39.3 Å². The van der Waals surface area contributed by atoms with Crippen LogP contribution in [0.3, 0.4) is 0 Å². The third-order valence-electron chi connectivity index (χ3n) is 13.1. The number of rotatable bonds is 25. The summed E-state index contributed by atoms with van der Waals surface area (Å²) in [7, 11) is 3.41. The summed E-state index contributed by atoms with van der Waals surface area (Å²) >= 11 is 0.